The van der Waals surface area contributed by atoms with Crippen LogP contribution in [0.15, 0.2) is 24.3 Å². The van der Waals surface area contributed by atoms with Crippen molar-refractivity contribution in [1.82, 2.24) is 5.32 Å². The summed E-state index contributed by atoms with van der Waals surface area (Å²) in [6, 6.07) is 7.83. The smallest absolute Gasteiger partial charge is 0.269 e. The van der Waals surface area contributed by atoms with E-state index < -0.39 is 0 Å². The minimum Gasteiger partial charge on any atom is -0.307 e. The van der Waals surface area contributed by atoms with Crippen LogP contribution < -0.4 is 5.32 Å². The second-order valence-corrected chi connectivity index (χ2v) is 6.02. The van der Waals surface area contributed by atoms with Crippen LogP contribution in [0.4, 0.5) is 5.69 Å². The van der Waals surface area contributed by atoms with Gasteiger partial charge in [-0.05, 0) is 24.8 Å². The highest BCUT2D eigenvalue weighted by Crippen LogP contribution is 2.25. The van der Waals surface area contributed by atoms with E-state index in [4.69, 9.17) is 0 Å². The van der Waals surface area contributed by atoms with Gasteiger partial charge < -0.3 is 5.32 Å². The zero-order valence-electron chi connectivity index (χ0n) is 12.9. The topological polar surface area (TPSA) is 55.2 Å². The summed E-state index contributed by atoms with van der Waals surface area (Å²) >= 11 is 0. The van der Waals surface area contributed by atoms with Crippen LogP contribution in [0.3, 0.4) is 0 Å². The number of benzene rings is 1. The third-order valence-corrected chi connectivity index (χ3v) is 4.43. The van der Waals surface area contributed by atoms with Crippen molar-refractivity contribution in [2.24, 2.45) is 0 Å². The number of hydrogen-bond donors (Lipinski definition) is 1. The number of hydrogen-bond acceptors (Lipinski definition) is 3. The van der Waals surface area contributed by atoms with E-state index in [-0.39, 0.29) is 16.7 Å². The van der Waals surface area contributed by atoms with Gasteiger partial charge in [0.25, 0.3) is 5.69 Å². The summed E-state index contributed by atoms with van der Waals surface area (Å²) in [5.41, 5.74) is 1.22. The molecule has 1 aliphatic rings. The summed E-state index contributed by atoms with van der Waals surface area (Å²) < 4.78 is 0. The monoisotopic (exact) mass is 290 g/mol. The lowest BCUT2D eigenvalue weighted by Gasteiger charge is -2.27. The molecule has 0 aromatic heterocycles. The number of nitrogens with zero attached hydrogens (tertiary/aromatic N) is 1. The molecule has 0 amide bonds. The Morgan fingerprint density at radius 2 is 1.90 bits per heavy atom. The second-order valence-electron chi connectivity index (χ2n) is 6.02. The molecule has 1 aliphatic carbocycles. The van der Waals surface area contributed by atoms with Crippen molar-refractivity contribution in [3.63, 3.8) is 0 Å². The van der Waals surface area contributed by atoms with Crippen molar-refractivity contribution < 1.29 is 4.92 Å². The fraction of sp³-hybridized carbons (Fsp3) is 0.647. The highest BCUT2D eigenvalue weighted by Gasteiger charge is 2.18. The average molecular weight is 290 g/mol. The summed E-state index contributed by atoms with van der Waals surface area (Å²) in [4.78, 5) is 10.6. The molecule has 0 radical (unpaired) electrons. The Balaban J connectivity index is 2.04. The van der Waals surface area contributed by atoms with Gasteiger partial charge in [-0.15, -0.1) is 0 Å². The standard InChI is InChI=1S/C17H26N2O2/c1-2-17(14-9-8-12-16(13-14)19(20)21)18-15-10-6-4-3-5-7-11-15/h8-9,12-13,15,17-18H,2-7,10-11H2,1H3. The quantitative estimate of drug-likeness (QED) is 0.629. The van der Waals surface area contributed by atoms with Gasteiger partial charge in [0.15, 0.2) is 0 Å². The number of non-ortho nitro benzene ring substituents is 1. The Kier molecular flexibility index (Phi) is 6.18. The Morgan fingerprint density at radius 1 is 1.24 bits per heavy atom. The lowest BCUT2D eigenvalue weighted by atomic mass is 9.94. The molecule has 21 heavy (non-hydrogen) atoms. The van der Waals surface area contributed by atoms with Gasteiger partial charge in [-0.3, -0.25) is 10.1 Å². The minimum absolute atomic E-state index is 0.186. The Hall–Kier alpha value is -1.42. The largest absolute Gasteiger partial charge is 0.307 e. The number of nitro benzene ring substituents is 1. The SMILES string of the molecule is CCC(NC1CCCCCCC1)c1cccc([N+](=O)[O-])c1. The molecule has 1 aromatic rings. The first-order chi connectivity index (χ1) is 10.2. The van der Waals surface area contributed by atoms with Gasteiger partial charge in [0.05, 0.1) is 4.92 Å². The first-order valence-electron chi connectivity index (χ1n) is 8.21. The van der Waals surface area contributed by atoms with Gasteiger partial charge in [0.2, 0.25) is 0 Å². The summed E-state index contributed by atoms with van der Waals surface area (Å²) in [6.45, 7) is 2.14. The molecule has 0 heterocycles. The molecule has 2 rings (SSSR count). The molecule has 1 atom stereocenters. The van der Waals surface area contributed by atoms with Crippen molar-refractivity contribution in [2.75, 3.05) is 0 Å². The molecule has 0 saturated heterocycles. The van der Waals surface area contributed by atoms with E-state index in [1.54, 1.807) is 18.2 Å². The third-order valence-electron chi connectivity index (χ3n) is 4.43. The highest BCUT2D eigenvalue weighted by molar-refractivity contribution is 5.35. The van der Waals surface area contributed by atoms with Crippen LogP contribution in [0.1, 0.15) is 69.9 Å². The Morgan fingerprint density at radius 3 is 2.52 bits per heavy atom. The maximum atomic E-state index is 10.9. The van der Waals surface area contributed by atoms with E-state index in [0.717, 1.165) is 12.0 Å². The van der Waals surface area contributed by atoms with E-state index in [0.29, 0.717) is 6.04 Å². The molecule has 1 unspecified atom stereocenters. The average Bonchev–Trinajstić information content (AvgIpc) is 2.46. The van der Waals surface area contributed by atoms with Crippen LogP contribution in [0.2, 0.25) is 0 Å². The summed E-state index contributed by atoms with van der Waals surface area (Å²) in [5, 5.41) is 14.7. The molecular weight excluding hydrogens is 264 g/mol. The summed E-state index contributed by atoms with van der Waals surface area (Å²) in [6.07, 6.45) is 10.0. The van der Waals surface area contributed by atoms with Crippen molar-refractivity contribution in [2.45, 2.75) is 70.4 Å². The van der Waals surface area contributed by atoms with Crippen molar-refractivity contribution >= 4 is 5.69 Å². The fourth-order valence-electron chi connectivity index (χ4n) is 3.21. The molecule has 1 saturated carbocycles. The molecule has 116 valence electrons. The Labute approximate surface area is 127 Å². The third kappa shape index (κ3) is 4.81. The molecule has 0 aliphatic heterocycles. The molecule has 4 heteroatoms. The van der Waals surface area contributed by atoms with Crippen LogP contribution in [0, 0.1) is 10.1 Å². The van der Waals surface area contributed by atoms with Gasteiger partial charge in [-0.2, -0.15) is 0 Å². The maximum absolute atomic E-state index is 10.9. The lowest BCUT2D eigenvalue weighted by molar-refractivity contribution is -0.384. The molecule has 1 N–H and O–H groups in total. The summed E-state index contributed by atoms with van der Waals surface area (Å²) in [5.74, 6) is 0. The molecule has 0 bridgehead atoms. The van der Waals surface area contributed by atoms with Crippen molar-refractivity contribution in [3.05, 3.63) is 39.9 Å². The van der Waals surface area contributed by atoms with E-state index in [1.807, 2.05) is 6.07 Å². The minimum atomic E-state index is -0.313. The van der Waals surface area contributed by atoms with Crippen LogP contribution in [-0.4, -0.2) is 11.0 Å². The van der Waals surface area contributed by atoms with Crippen LogP contribution in [0.5, 0.6) is 0 Å². The molecule has 0 spiro atoms. The van der Waals surface area contributed by atoms with Crippen LogP contribution in [0.25, 0.3) is 0 Å². The summed E-state index contributed by atoms with van der Waals surface area (Å²) in [7, 11) is 0. The van der Waals surface area contributed by atoms with E-state index in [9.17, 15) is 10.1 Å². The number of nitrogens with one attached hydrogen (secondary N) is 1. The first-order valence-corrected chi connectivity index (χ1v) is 8.21. The van der Waals surface area contributed by atoms with Gasteiger partial charge in [-0.25, -0.2) is 0 Å². The normalized spacial score (nSPS) is 18.7. The predicted molar refractivity (Wildman–Crippen MR) is 85.4 cm³/mol. The predicted octanol–water partition coefficient (Wildman–Crippen LogP) is 4.75. The number of nitro groups is 1. The van der Waals surface area contributed by atoms with E-state index in [2.05, 4.69) is 12.2 Å². The first kappa shape index (κ1) is 16.0. The van der Waals surface area contributed by atoms with Gasteiger partial charge in [-0.1, -0.05) is 51.2 Å². The maximum Gasteiger partial charge on any atom is 0.269 e. The zero-order valence-corrected chi connectivity index (χ0v) is 12.9. The second kappa shape index (κ2) is 8.13. The zero-order chi connectivity index (χ0) is 15.1. The van der Waals surface area contributed by atoms with E-state index >= 15 is 0 Å². The number of rotatable bonds is 5. The fourth-order valence-corrected chi connectivity index (χ4v) is 3.21. The van der Waals surface area contributed by atoms with Gasteiger partial charge in [0.1, 0.15) is 0 Å². The molecule has 1 fully saturated rings. The van der Waals surface area contributed by atoms with Gasteiger partial charge >= 0.3 is 0 Å². The van der Waals surface area contributed by atoms with E-state index in [1.165, 1.54) is 44.9 Å². The van der Waals surface area contributed by atoms with Gasteiger partial charge in [0, 0.05) is 24.2 Å². The molecule has 1 aromatic carbocycles. The van der Waals surface area contributed by atoms with Crippen molar-refractivity contribution in [3.8, 4) is 0 Å². The van der Waals surface area contributed by atoms with Crippen LogP contribution in [-0.2, 0) is 0 Å². The highest BCUT2D eigenvalue weighted by atomic mass is 16.6. The van der Waals surface area contributed by atoms with Crippen molar-refractivity contribution in [1.29, 1.82) is 0 Å². The Bertz CT molecular complexity index is 454. The lowest BCUT2D eigenvalue weighted by Crippen LogP contribution is -2.33. The molecular formula is C17H26N2O2. The van der Waals surface area contributed by atoms with Crippen LogP contribution >= 0.6 is 0 Å². The molecule has 4 nitrogen and oxygen atoms in total.